The number of rotatable bonds is 0. The Morgan fingerprint density at radius 3 is 1.69 bits per heavy atom. The van der Waals surface area contributed by atoms with E-state index in [9.17, 15) is 0 Å². The molecule has 6 aromatic rings. The molecule has 0 aliphatic heterocycles. The maximum Gasteiger partial charge on any atom is 0.143 e. The molecule has 0 spiro atoms. The number of furan rings is 1. The second kappa shape index (κ2) is 4.86. The van der Waals surface area contributed by atoms with Crippen molar-refractivity contribution in [3.05, 3.63) is 84.4 Å². The van der Waals surface area contributed by atoms with E-state index in [0.717, 1.165) is 11.2 Å². The SMILES string of the molecule is Cc1cccc2c1oc1c2ccc2c3ccccc3c3ccccc3c21. The topological polar surface area (TPSA) is 13.1 Å². The summed E-state index contributed by atoms with van der Waals surface area (Å²) in [5.41, 5.74) is 3.16. The van der Waals surface area contributed by atoms with Gasteiger partial charge < -0.3 is 4.42 Å². The van der Waals surface area contributed by atoms with Gasteiger partial charge in [0, 0.05) is 16.2 Å². The van der Waals surface area contributed by atoms with E-state index in [1.54, 1.807) is 0 Å². The van der Waals surface area contributed by atoms with E-state index >= 15 is 0 Å². The van der Waals surface area contributed by atoms with Crippen LogP contribution in [0.15, 0.2) is 83.3 Å². The highest BCUT2D eigenvalue weighted by molar-refractivity contribution is 6.32. The lowest BCUT2D eigenvalue weighted by molar-refractivity contribution is 0.670. The van der Waals surface area contributed by atoms with Crippen molar-refractivity contribution in [2.24, 2.45) is 0 Å². The number of aryl methyl sites for hydroxylation is 1. The molecule has 1 heterocycles. The van der Waals surface area contributed by atoms with E-state index in [-0.39, 0.29) is 0 Å². The molecule has 1 heteroatoms. The fourth-order valence-electron chi connectivity index (χ4n) is 4.38. The molecule has 0 bridgehead atoms. The van der Waals surface area contributed by atoms with Crippen molar-refractivity contribution in [1.82, 2.24) is 0 Å². The van der Waals surface area contributed by atoms with Gasteiger partial charge in [0.2, 0.25) is 0 Å². The van der Waals surface area contributed by atoms with Crippen molar-refractivity contribution < 1.29 is 4.42 Å². The Morgan fingerprint density at radius 2 is 0.962 bits per heavy atom. The van der Waals surface area contributed by atoms with Gasteiger partial charge in [0.15, 0.2) is 0 Å². The molecule has 1 nitrogen and oxygen atoms in total. The lowest BCUT2D eigenvalue weighted by Gasteiger charge is -2.10. The Bertz CT molecular complexity index is 1450. The van der Waals surface area contributed by atoms with Gasteiger partial charge >= 0.3 is 0 Å². The van der Waals surface area contributed by atoms with Crippen LogP contribution in [-0.4, -0.2) is 0 Å². The zero-order valence-corrected chi connectivity index (χ0v) is 14.4. The van der Waals surface area contributed by atoms with Crippen molar-refractivity contribution in [2.75, 3.05) is 0 Å². The Kier molecular flexibility index (Phi) is 2.60. The van der Waals surface area contributed by atoms with E-state index < -0.39 is 0 Å². The Morgan fingerprint density at radius 1 is 0.462 bits per heavy atom. The summed E-state index contributed by atoms with van der Waals surface area (Å²) in [6.45, 7) is 2.11. The number of hydrogen-bond acceptors (Lipinski definition) is 1. The van der Waals surface area contributed by atoms with Crippen molar-refractivity contribution in [1.29, 1.82) is 0 Å². The van der Waals surface area contributed by atoms with Crippen LogP contribution in [0.3, 0.4) is 0 Å². The Balaban J connectivity index is 2.01. The number of para-hydroxylation sites is 1. The predicted octanol–water partition coefficient (Wildman–Crippen LogP) is 7.35. The third-order valence-corrected chi connectivity index (χ3v) is 5.57. The van der Waals surface area contributed by atoms with E-state index in [1.807, 2.05) is 0 Å². The summed E-state index contributed by atoms with van der Waals surface area (Å²) < 4.78 is 6.45. The summed E-state index contributed by atoms with van der Waals surface area (Å²) in [5, 5.41) is 9.96. The molecule has 6 rings (SSSR count). The molecular weight excluding hydrogens is 316 g/mol. The average molecular weight is 332 g/mol. The van der Waals surface area contributed by atoms with Gasteiger partial charge in [-0.15, -0.1) is 0 Å². The van der Waals surface area contributed by atoms with Gasteiger partial charge in [-0.1, -0.05) is 72.8 Å². The van der Waals surface area contributed by atoms with Crippen LogP contribution in [0.2, 0.25) is 0 Å². The molecular formula is C25H16O. The molecule has 0 aliphatic carbocycles. The zero-order valence-electron chi connectivity index (χ0n) is 14.4. The molecule has 0 atom stereocenters. The van der Waals surface area contributed by atoms with E-state index in [2.05, 4.69) is 85.8 Å². The highest BCUT2D eigenvalue weighted by Gasteiger charge is 2.16. The summed E-state index contributed by atoms with van der Waals surface area (Å²) in [5.74, 6) is 0. The third-order valence-electron chi connectivity index (χ3n) is 5.57. The first-order chi connectivity index (χ1) is 12.8. The molecule has 0 amide bonds. The molecule has 0 saturated carbocycles. The van der Waals surface area contributed by atoms with E-state index in [4.69, 9.17) is 4.42 Å². The Labute approximate surface area is 150 Å². The summed E-state index contributed by atoms with van der Waals surface area (Å²) in [7, 11) is 0. The lowest BCUT2D eigenvalue weighted by atomic mass is 9.93. The zero-order chi connectivity index (χ0) is 17.3. The first kappa shape index (κ1) is 13.9. The molecule has 0 radical (unpaired) electrons. The maximum atomic E-state index is 6.45. The highest BCUT2D eigenvalue weighted by Crippen LogP contribution is 2.41. The first-order valence-electron chi connectivity index (χ1n) is 8.97. The van der Waals surface area contributed by atoms with Crippen LogP contribution in [0.25, 0.3) is 54.3 Å². The standard InChI is InChI=1S/C25H16O/c1-15-7-6-12-21-22-14-13-20-18-10-3-2-8-16(18)17-9-4-5-11-19(17)23(20)25(22)26-24(15)21/h2-14H,1H3. The van der Waals surface area contributed by atoms with Crippen LogP contribution < -0.4 is 0 Å². The van der Waals surface area contributed by atoms with Crippen LogP contribution in [-0.2, 0) is 0 Å². The summed E-state index contributed by atoms with van der Waals surface area (Å²) in [6.07, 6.45) is 0. The molecule has 0 unspecified atom stereocenters. The summed E-state index contributed by atoms with van der Waals surface area (Å²) in [4.78, 5) is 0. The minimum atomic E-state index is 0.993. The summed E-state index contributed by atoms with van der Waals surface area (Å²) >= 11 is 0. The maximum absolute atomic E-state index is 6.45. The molecule has 0 N–H and O–H groups in total. The number of benzene rings is 5. The average Bonchev–Trinajstić information content (AvgIpc) is 3.08. The fraction of sp³-hybridized carbons (Fsp3) is 0.0400. The predicted molar refractivity (Wildman–Crippen MR) is 111 cm³/mol. The fourth-order valence-corrected chi connectivity index (χ4v) is 4.38. The van der Waals surface area contributed by atoms with Crippen LogP contribution in [0.1, 0.15) is 5.56 Å². The number of hydrogen-bond donors (Lipinski definition) is 0. The Hall–Kier alpha value is -3.32. The lowest BCUT2D eigenvalue weighted by Crippen LogP contribution is -1.83. The van der Waals surface area contributed by atoms with E-state index in [1.165, 1.54) is 48.7 Å². The van der Waals surface area contributed by atoms with Gasteiger partial charge in [0.05, 0.1) is 0 Å². The number of fused-ring (bicyclic) bond motifs is 10. The monoisotopic (exact) mass is 332 g/mol. The van der Waals surface area contributed by atoms with Crippen molar-refractivity contribution in [3.8, 4) is 0 Å². The van der Waals surface area contributed by atoms with Crippen LogP contribution >= 0.6 is 0 Å². The van der Waals surface area contributed by atoms with Gasteiger partial charge in [-0.2, -0.15) is 0 Å². The van der Waals surface area contributed by atoms with Gasteiger partial charge in [-0.25, -0.2) is 0 Å². The molecule has 1 aromatic heterocycles. The minimum Gasteiger partial charge on any atom is -0.455 e. The van der Waals surface area contributed by atoms with Crippen molar-refractivity contribution in [3.63, 3.8) is 0 Å². The molecule has 5 aromatic carbocycles. The highest BCUT2D eigenvalue weighted by atomic mass is 16.3. The van der Waals surface area contributed by atoms with Gasteiger partial charge in [-0.05, 0) is 45.5 Å². The molecule has 122 valence electrons. The molecule has 26 heavy (non-hydrogen) atoms. The smallest absolute Gasteiger partial charge is 0.143 e. The first-order valence-corrected chi connectivity index (χ1v) is 8.97. The van der Waals surface area contributed by atoms with Crippen LogP contribution in [0, 0.1) is 6.92 Å². The van der Waals surface area contributed by atoms with Crippen molar-refractivity contribution in [2.45, 2.75) is 6.92 Å². The summed E-state index contributed by atoms with van der Waals surface area (Å²) in [6, 6.07) is 28.1. The van der Waals surface area contributed by atoms with Gasteiger partial charge in [0.1, 0.15) is 11.2 Å². The van der Waals surface area contributed by atoms with Crippen LogP contribution in [0.5, 0.6) is 0 Å². The largest absolute Gasteiger partial charge is 0.455 e. The molecule has 0 aliphatic rings. The molecule has 0 saturated heterocycles. The third kappa shape index (κ3) is 1.65. The quantitative estimate of drug-likeness (QED) is 0.265. The van der Waals surface area contributed by atoms with Crippen molar-refractivity contribution >= 4 is 54.3 Å². The second-order valence-corrected chi connectivity index (χ2v) is 7.01. The van der Waals surface area contributed by atoms with Gasteiger partial charge in [0.25, 0.3) is 0 Å². The van der Waals surface area contributed by atoms with Crippen LogP contribution in [0.4, 0.5) is 0 Å². The van der Waals surface area contributed by atoms with E-state index in [0.29, 0.717) is 0 Å². The normalized spacial score (nSPS) is 12.0. The molecule has 0 fully saturated rings. The second-order valence-electron chi connectivity index (χ2n) is 7.01. The van der Waals surface area contributed by atoms with Gasteiger partial charge in [-0.3, -0.25) is 0 Å². The minimum absolute atomic E-state index is 0.993.